The van der Waals surface area contributed by atoms with Crippen LogP contribution in [0, 0.1) is 17.8 Å². The van der Waals surface area contributed by atoms with Crippen molar-refractivity contribution < 1.29 is 28.5 Å². The van der Waals surface area contributed by atoms with Crippen molar-refractivity contribution in [2.45, 2.75) is 89.1 Å². The maximum atomic E-state index is 12.1. The van der Waals surface area contributed by atoms with Crippen LogP contribution in [0.3, 0.4) is 0 Å². The summed E-state index contributed by atoms with van der Waals surface area (Å²) in [5, 5.41) is 0. The number of ether oxygens (including phenoxy) is 4. The number of hydrogen-bond donors (Lipinski definition) is 0. The summed E-state index contributed by atoms with van der Waals surface area (Å²) in [5.41, 5.74) is 0.0227. The second kappa shape index (κ2) is 7.70. The van der Waals surface area contributed by atoms with Gasteiger partial charge in [-0.25, -0.2) is 0 Å². The zero-order chi connectivity index (χ0) is 19.8. The molecule has 154 valence electrons. The lowest BCUT2D eigenvalue weighted by Crippen LogP contribution is -2.37. The van der Waals surface area contributed by atoms with Gasteiger partial charge in [0.05, 0.1) is 49.5 Å². The van der Waals surface area contributed by atoms with Crippen LogP contribution in [-0.4, -0.2) is 49.6 Å². The predicted octanol–water partition coefficient (Wildman–Crippen LogP) is 3.26. The fourth-order valence-corrected chi connectivity index (χ4v) is 4.78. The summed E-state index contributed by atoms with van der Waals surface area (Å²) in [7, 11) is 2.76. The van der Waals surface area contributed by atoms with Crippen molar-refractivity contribution in [3.05, 3.63) is 0 Å². The maximum absolute atomic E-state index is 12.1. The normalized spacial score (nSPS) is 39.5. The van der Waals surface area contributed by atoms with Gasteiger partial charge in [0.2, 0.25) is 0 Å². The molecule has 2 heterocycles. The Bertz CT molecular complexity index is 573. The Morgan fingerprint density at radius 2 is 1.52 bits per heavy atom. The van der Waals surface area contributed by atoms with E-state index in [1.54, 1.807) is 0 Å². The Morgan fingerprint density at radius 1 is 0.889 bits per heavy atom. The Balaban J connectivity index is 1.44. The van der Waals surface area contributed by atoms with E-state index in [1.807, 2.05) is 0 Å². The first kappa shape index (κ1) is 20.6. The lowest BCUT2D eigenvalue weighted by atomic mass is 9.72. The minimum atomic E-state index is -0.387. The SMILES string of the molecule is COC(=O)C1CCC(CCC2OC2(C)CCC2OC2(C)C)CC1C(=O)OC. The van der Waals surface area contributed by atoms with Crippen molar-refractivity contribution in [2.24, 2.45) is 17.8 Å². The highest BCUT2D eigenvalue weighted by atomic mass is 16.6. The van der Waals surface area contributed by atoms with E-state index in [-0.39, 0.29) is 35.0 Å². The van der Waals surface area contributed by atoms with E-state index >= 15 is 0 Å². The molecule has 0 amide bonds. The molecule has 0 aromatic carbocycles. The average Bonchev–Trinajstić information content (AvgIpc) is 3.50. The van der Waals surface area contributed by atoms with Crippen LogP contribution in [-0.2, 0) is 28.5 Å². The van der Waals surface area contributed by atoms with Gasteiger partial charge < -0.3 is 18.9 Å². The molecule has 2 aliphatic heterocycles. The first-order valence-electron chi connectivity index (χ1n) is 10.2. The van der Waals surface area contributed by atoms with Gasteiger partial charge in [-0.2, -0.15) is 0 Å². The largest absolute Gasteiger partial charge is 0.469 e. The van der Waals surface area contributed by atoms with Crippen LogP contribution >= 0.6 is 0 Å². The first-order chi connectivity index (χ1) is 12.7. The molecule has 2 saturated heterocycles. The third-order valence-corrected chi connectivity index (χ3v) is 6.91. The molecule has 0 N–H and O–H groups in total. The van der Waals surface area contributed by atoms with Crippen LogP contribution in [0.4, 0.5) is 0 Å². The van der Waals surface area contributed by atoms with Crippen LogP contribution in [0.2, 0.25) is 0 Å². The van der Waals surface area contributed by atoms with Crippen molar-refractivity contribution in [2.75, 3.05) is 14.2 Å². The smallest absolute Gasteiger partial charge is 0.309 e. The molecule has 1 saturated carbocycles. The van der Waals surface area contributed by atoms with Crippen molar-refractivity contribution in [3.8, 4) is 0 Å². The molecule has 6 heteroatoms. The van der Waals surface area contributed by atoms with Crippen LogP contribution in [0.5, 0.6) is 0 Å². The topological polar surface area (TPSA) is 77.7 Å². The quantitative estimate of drug-likeness (QED) is 0.474. The van der Waals surface area contributed by atoms with Gasteiger partial charge in [-0.1, -0.05) is 0 Å². The number of hydrogen-bond acceptors (Lipinski definition) is 6. The Hall–Kier alpha value is -1.14. The second-order valence-corrected chi connectivity index (χ2v) is 9.18. The molecular formula is C21H34O6. The molecule has 1 aliphatic carbocycles. The number of rotatable bonds is 8. The second-order valence-electron chi connectivity index (χ2n) is 9.18. The fourth-order valence-electron chi connectivity index (χ4n) is 4.78. The van der Waals surface area contributed by atoms with Gasteiger partial charge in [0.25, 0.3) is 0 Å². The molecule has 6 nitrogen and oxygen atoms in total. The fraction of sp³-hybridized carbons (Fsp3) is 0.905. The highest BCUT2D eigenvalue weighted by molar-refractivity contribution is 5.82. The van der Waals surface area contributed by atoms with E-state index in [4.69, 9.17) is 18.9 Å². The van der Waals surface area contributed by atoms with Crippen LogP contribution in [0.25, 0.3) is 0 Å². The summed E-state index contributed by atoms with van der Waals surface area (Å²) < 4.78 is 21.5. The van der Waals surface area contributed by atoms with Crippen molar-refractivity contribution >= 4 is 11.9 Å². The summed E-state index contributed by atoms with van der Waals surface area (Å²) in [6, 6.07) is 0. The molecular weight excluding hydrogens is 348 g/mol. The van der Waals surface area contributed by atoms with E-state index in [0.29, 0.717) is 31.0 Å². The van der Waals surface area contributed by atoms with Gasteiger partial charge in [-0.3, -0.25) is 9.59 Å². The van der Waals surface area contributed by atoms with Gasteiger partial charge in [0.15, 0.2) is 0 Å². The third kappa shape index (κ3) is 4.65. The standard InChI is InChI=1S/C21H34O6/c1-20(2)16(26-20)10-11-21(3)17(27-21)9-7-13-6-8-14(18(22)24-4)15(12-13)19(23)25-5/h13-17H,6-12H2,1-5H3. The van der Waals surface area contributed by atoms with Gasteiger partial charge in [0, 0.05) is 0 Å². The van der Waals surface area contributed by atoms with Gasteiger partial charge in [-0.05, 0) is 71.6 Å². The lowest BCUT2D eigenvalue weighted by Gasteiger charge is -2.32. The Labute approximate surface area is 162 Å². The molecule has 0 aromatic heterocycles. The van der Waals surface area contributed by atoms with Crippen LogP contribution in [0.1, 0.15) is 65.7 Å². The summed E-state index contributed by atoms with van der Waals surface area (Å²) in [4.78, 5) is 24.1. The minimum absolute atomic E-state index is 0.0208. The predicted molar refractivity (Wildman–Crippen MR) is 99.1 cm³/mol. The maximum Gasteiger partial charge on any atom is 0.309 e. The van der Waals surface area contributed by atoms with E-state index in [9.17, 15) is 9.59 Å². The molecule has 3 rings (SSSR count). The van der Waals surface area contributed by atoms with E-state index in [0.717, 1.165) is 32.1 Å². The zero-order valence-corrected chi connectivity index (χ0v) is 17.3. The van der Waals surface area contributed by atoms with E-state index in [1.165, 1.54) is 14.2 Å². The third-order valence-electron chi connectivity index (χ3n) is 6.91. The van der Waals surface area contributed by atoms with Crippen molar-refractivity contribution in [3.63, 3.8) is 0 Å². The molecule has 27 heavy (non-hydrogen) atoms. The van der Waals surface area contributed by atoms with Crippen molar-refractivity contribution in [1.29, 1.82) is 0 Å². The molecule has 0 spiro atoms. The molecule has 0 aromatic rings. The molecule has 6 atom stereocenters. The molecule has 6 unspecified atom stereocenters. The van der Waals surface area contributed by atoms with E-state index in [2.05, 4.69) is 20.8 Å². The summed E-state index contributed by atoms with van der Waals surface area (Å²) in [5.74, 6) is -0.930. The highest BCUT2D eigenvalue weighted by Gasteiger charge is 2.55. The van der Waals surface area contributed by atoms with Gasteiger partial charge in [-0.15, -0.1) is 0 Å². The molecule has 0 radical (unpaired) electrons. The van der Waals surface area contributed by atoms with Crippen LogP contribution in [0.15, 0.2) is 0 Å². The Kier molecular flexibility index (Phi) is 5.88. The summed E-state index contributed by atoms with van der Waals surface area (Å²) >= 11 is 0. The van der Waals surface area contributed by atoms with E-state index < -0.39 is 0 Å². The van der Waals surface area contributed by atoms with Gasteiger partial charge >= 0.3 is 11.9 Å². The van der Waals surface area contributed by atoms with Gasteiger partial charge in [0.1, 0.15) is 0 Å². The summed E-state index contributed by atoms with van der Waals surface area (Å²) in [6.07, 6.45) is 7.11. The minimum Gasteiger partial charge on any atom is -0.469 e. The van der Waals surface area contributed by atoms with Crippen LogP contribution < -0.4 is 0 Å². The molecule has 3 aliphatic rings. The average molecular weight is 382 g/mol. The lowest BCUT2D eigenvalue weighted by molar-refractivity contribution is -0.160. The Morgan fingerprint density at radius 3 is 2.11 bits per heavy atom. The number of carbonyl (C=O) groups is 2. The number of epoxide rings is 2. The zero-order valence-electron chi connectivity index (χ0n) is 17.3. The highest BCUT2D eigenvalue weighted by Crippen LogP contribution is 2.48. The number of methoxy groups -OCH3 is 2. The van der Waals surface area contributed by atoms with Crippen molar-refractivity contribution in [1.82, 2.24) is 0 Å². The summed E-state index contributed by atoms with van der Waals surface area (Å²) in [6.45, 7) is 6.46. The first-order valence-corrected chi connectivity index (χ1v) is 10.2. The number of esters is 2. The number of carbonyl (C=O) groups excluding carboxylic acids is 2. The monoisotopic (exact) mass is 382 g/mol. The molecule has 3 fully saturated rings. The molecule has 0 bridgehead atoms.